The first-order valence-corrected chi connectivity index (χ1v) is 7.26. The Morgan fingerprint density at radius 2 is 2.22 bits per heavy atom. The van der Waals surface area contributed by atoms with Crippen LogP contribution in [0.3, 0.4) is 0 Å². The highest BCUT2D eigenvalue weighted by Crippen LogP contribution is 2.13. The molecular formula is C12H21N3O2S. The number of anilines is 1. The number of hydrogen-bond acceptors (Lipinski definition) is 6. The molecule has 0 fully saturated rings. The van der Waals surface area contributed by atoms with Crippen molar-refractivity contribution < 1.29 is 10.2 Å². The number of aromatic nitrogens is 2. The first kappa shape index (κ1) is 15.2. The third kappa shape index (κ3) is 5.66. The summed E-state index contributed by atoms with van der Waals surface area (Å²) in [5.74, 6) is 2.73. The van der Waals surface area contributed by atoms with Crippen LogP contribution >= 0.6 is 11.8 Å². The third-order valence-electron chi connectivity index (χ3n) is 2.21. The van der Waals surface area contributed by atoms with Crippen molar-refractivity contribution in [1.29, 1.82) is 0 Å². The summed E-state index contributed by atoms with van der Waals surface area (Å²) >= 11 is 1.52. The number of nitrogens with zero attached hydrogens (tertiary/aromatic N) is 2. The lowest BCUT2D eigenvalue weighted by molar-refractivity contribution is 0.113. The molecule has 5 nitrogen and oxygen atoms in total. The van der Waals surface area contributed by atoms with E-state index in [1.807, 2.05) is 13.0 Å². The Labute approximate surface area is 112 Å². The predicted octanol–water partition coefficient (Wildman–Crippen LogP) is 1.19. The molecule has 0 aliphatic heterocycles. The van der Waals surface area contributed by atoms with Crippen molar-refractivity contribution in [2.24, 2.45) is 0 Å². The van der Waals surface area contributed by atoms with E-state index in [1.165, 1.54) is 11.8 Å². The molecule has 0 spiro atoms. The molecule has 0 aliphatic rings. The second-order valence-electron chi connectivity index (χ2n) is 4.09. The van der Waals surface area contributed by atoms with Crippen LogP contribution in [0.5, 0.6) is 0 Å². The molecule has 18 heavy (non-hydrogen) atoms. The molecule has 0 radical (unpaired) electrons. The van der Waals surface area contributed by atoms with E-state index < -0.39 is 6.10 Å². The molecule has 1 atom stereocenters. The smallest absolute Gasteiger partial charge is 0.140 e. The van der Waals surface area contributed by atoms with Crippen molar-refractivity contribution in [3.8, 4) is 0 Å². The zero-order valence-corrected chi connectivity index (χ0v) is 11.7. The van der Waals surface area contributed by atoms with Crippen LogP contribution in [0.1, 0.15) is 24.9 Å². The van der Waals surface area contributed by atoms with E-state index in [1.54, 1.807) is 0 Å². The molecule has 0 saturated heterocycles. The quantitative estimate of drug-likeness (QED) is 0.659. The van der Waals surface area contributed by atoms with E-state index in [4.69, 9.17) is 5.11 Å². The van der Waals surface area contributed by atoms with Crippen molar-refractivity contribution in [2.75, 3.05) is 24.2 Å². The number of aliphatic hydroxyl groups excluding tert-OH is 2. The van der Waals surface area contributed by atoms with E-state index >= 15 is 0 Å². The SMILES string of the molecule is CCCNc1cc(C)nc(CSCC(O)CO)n1. The average molecular weight is 271 g/mol. The van der Waals surface area contributed by atoms with Crippen molar-refractivity contribution in [3.05, 3.63) is 17.6 Å². The zero-order valence-electron chi connectivity index (χ0n) is 10.9. The van der Waals surface area contributed by atoms with Gasteiger partial charge in [0.2, 0.25) is 0 Å². The van der Waals surface area contributed by atoms with Gasteiger partial charge in [-0.2, -0.15) is 11.8 Å². The zero-order chi connectivity index (χ0) is 13.4. The van der Waals surface area contributed by atoms with Crippen LogP contribution in [-0.4, -0.2) is 45.2 Å². The number of aliphatic hydroxyl groups is 2. The second kappa shape index (κ2) is 8.29. The highest BCUT2D eigenvalue weighted by Gasteiger charge is 2.05. The molecule has 6 heteroatoms. The lowest BCUT2D eigenvalue weighted by atomic mass is 10.4. The maximum atomic E-state index is 9.24. The van der Waals surface area contributed by atoms with Crippen LogP contribution in [-0.2, 0) is 5.75 Å². The van der Waals surface area contributed by atoms with Gasteiger partial charge < -0.3 is 15.5 Å². The lowest BCUT2D eigenvalue weighted by Gasteiger charge is -2.09. The first-order valence-electron chi connectivity index (χ1n) is 6.10. The summed E-state index contributed by atoms with van der Waals surface area (Å²) in [7, 11) is 0. The van der Waals surface area contributed by atoms with Crippen LogP contribution in [0.2, 0.25) is 0 Å². The summed E-state index contributed by atoms with van der Waals surface area (Å²) in [5.41, 5.74) is 0.932. The van der Waals surface area contributed by atoms with Gasteiger partial charge in [0.15, 0.2) is 0 Å². The molecule has 3 N–H and O–H groups in total. The van der Waals surface area contributed by atoms with Gasteiger partial charge in [-0.25, -0.2) is 9.97 Å². The Morgan fingerprint density at radius 1 is 1.44 bits per heavy atom. The number of rotatable bonds is 8. The predicted molar refractivity (Wildman–Crippen MR) is 74.8 cm³/mol. The van der Waals surface area contributed by atoms with E-state index in [0.717, 1.165) is 30.3 Å². The monoisotopic (exact) mass is 271 g/mol. The summed E-state index contributed by atoms with van der Waals surface area (Å²) < 4.78 is 0. The fraction of sp³-hybridized carbons (Fsp3) is 0.667. The van der Waals surface area contributed by atoms with Crippen LogP contribution in [0.25, 0.3) is 0 Å². The highest BCUT2D eigenvalue weighted by atomic mass is 32.2. The second-order valence-corrected chi connectivity index (χ2v) is 5.12. The minimum atomic E-state index is -0.669. The van der Waals surface area contributed by atoms with Crippen LogP contribution < -0.4 is 5.32 Å². The lowest BCUT2D eigenvalue weighted by Crippen LogP contribution is -2.15. The maximum absolute atomic E-state index is 9.24. The molecule has 0 amide bonds. The molecule has 1 rings (SSSR count). The Bertz CT molecular complexity index is 363. The Kier molecular flexibility index (Phi) is 7.00. The van der Waals surface area contributed by atoms with Gasteiger partial charge in [-0.1, -0.05) is 6.92 Å². The standard InChI is InChI=1S/C12H21N3O2S/c1-3-4-13-11-5-9(2)14-12(15-11)8-18-7-10(17)6-16/h5,10,16-17H,3-4,6-8H2,1-2H3,(H,13,14,15). The van der Waals surface area contributed by atoms with Crippen molar-refractivity contribution >= 4 is 17.6 Å². The van der Waals surface area contributed by atoms with Crippen LogP contribution in [0, 0.1) is 6.92 Å². The minimum absolute atomic E-state index is 0.203. The van der Waals surface area contributed by atoms with Crippen LogP contribution in [0.15, 0.2) is 6.07 Å². The fourth-order valence-corrected chi connectivity index (χ4v) is 2.18. The van der Waals surface area contributed by atoms with Crippen molar-refractivity contribution in [3.63, 3.8) is 0 Å². The largest absolute Gasteiger partial charge is 0.394 e. The van der Waals surface area contributed by atoms with Gasteiger partial charge in [0.1, 0.15) is 11.6 Å². The average Bonchev–Trinajstić information content (AvgIpc) is 2.35. The van der Waals surface area contributed by atoms with Crippen LogP contribution in [0.4, 0.5) is 5.82 Å². The third-order valence-corrected chi connectivity index (χ3v) is 3.29. The Morgan fingerprint density at radius 3 is 2.89 bits per heavy atom. The molecule has 1 heterocycles. The summed E-state index contributed by atoms with van der Waals surface area (Å²) in [6.45, 7) is 4.74. The normalized spacial score (nSPS) is 12.4. The van der Waals surface area contributed by atoms with Gasteiger partial charge in [-0.15, -0.1) is 0 Å². The molecule has 0 bridgehead atoms. The number of thioether (sulfide) groups is 1. The van der Waals surface area contributed by atoms with Crippen molar-refractivity contribution in [1.82, 2.24) is 9.97 Å². The van der Waals surface area contributed by atoms with Gasteiger partial charge in [0.05, 0.1) is 18.5 Å². The molecule has 1 aromatic heterocycles. The molecule has 1 unspecified atom stereocenters. The number of hydrogen-bond donors (Lipinski definition) is 3. The molecule has 0 aromatic carbocycles. The molecule has 102 valence electrons. The Balaban J connectivity index is 2.51. The summed E-state index contributed by atoms with van der Waals surface area (Å²) in [6, 6.07) is 1.92. The topological polar surface area (TPSA) is 78.3 Å². The van der Waals surface area contributed by atoms with Gasteiger partial charge in [-0.3, -0.25) is 0 Å². The highest BCUT2D eigenvalue weighted by molar-refractivity contribution is 7.98. The van der Waals surface area contributed by atoms with Gasteiger partial charge in [0.25, 0.3) is 0 Å². The first-order chi connectivity index (χ1) is 8.65. The minimum Gasteiger partial charge on any atom is -0.394 e. The van der Waals surface area contributed by atoms with E-state index in [2.05, 4.69) is 22.2 Å². The molecular weight excluding hydrogens is 250 g/mol. The van der Waals surface area contributed by atoms with E-state index in [9.17, 15) is 5.11 Å². The molecule has 0 saturated carbocycles. The number of nitrogens with one attached hydrogen (secondary N) is 1. The van der Waals surface area contributed by atoms with E-state index in [-0.39, 0.29) is 6.61 Å². The maximum Gasteiger partial charge on any atom is 0.140 e. The summed E-state index contributed by atoms with van der Waals surface area (Å²) in [6.07, 6.45) is 0.382. The Hall–Kier alpha value is -0.850. The molecule has 0 aliphatic carbocycles. The van der Waals surface area contributed by atoms with Gasteiger partial charge in [0, 0.05) is 24.1 Å². The summed E-state index contributed by atoms with van der Waals surface area (Å²) in [4.78, 5) is 8.76. The van der Waals surface area contributed by atoms with Crippen molar-refractivity contribution in [2.45, 2.75) is 32.1 Å². The fourth-order valence-electron chi connectivity index (χ4n) is 1.38. The molecule has 1 aromatic rings. The summed E-state index contributed by atoms with van der Waals surface area (Å²) in [5, 5.41) is 21.2. The number of aryl methyl sites for hydroxylation is 1. The van der Waals surface area contributed by atoms with E-state index in [0.29, 0.717) is 11.5 Å². The van der Waals surface area contributed by atoms with Gasteiger partial charge >= 0.3 is 0 Å². The van der Waals surface area contributed by atoms with Gasteiger partial charge in [-0.05, 0) is 13.3 Å².